The third-order valence-electron chi connectivity index (χ3n) is 2.69. The molecule has 2 rings (SSSR count). The van der Waals surface area contributed by atoms with Gasteiger partial charge in [-0.2, -0.15) is 0 Å². The molecule has 1 aromatic heterocycles. The molecule has 0 aromatic carbocycles. The summed E-state index contributed by atoms with van der Waals surface area (Å²) in [6.07, 6.45) is 2.16. The van der Waals surface area contributed by atoms with Gasteiger partial charge in [-0.05, 0) is 18.9 Å². The molecular formula is C10H13N3O3. The fraction of sp³-hybridized carbons (Fsp3) is 0.500. The van der Waals surface area contributed by atoms with E-state index in [0.717, 1.165) is 12.8 Å². The van der Waals surface area contributed by atoms with Crippen LogP contribution in [-0.4, -0.2) is 37.7 Å². The van der Waals surface area contributed by atoms with Crippen molar-refractivity contribution >= 4 is 6.09 Å². The van der Waals surface area contributed by atoms with Gasteiger partial charge in [0.15, 0.2) is 5.82 Å². The summed E-state index contributed by atoms with van der Waals surface area (Å²) < 4.78 is 0. The minimum Gasteiger partial charge on any atom is -0.465 e. The third kappa shape index (κ3) is 1.96. The minimum atomic E-state index is -0.944. The fourth-order valence-electron chi connectivity index (χ4n) is 1.93. The van der Waals surface area contributed by atoms with E-state index in [1.165, 1.54) is 4.90 Å². The van der Waals surface area contributed by atoms with Gasteiger partial charge in [-0.15, -0.1) is 0 Å². The van der Waals surface area contributed by atoms with Gasteiger partial charge in [-0.3, -0.25) is 4.90 Å². The molecule has 0 aliphatic carbocycles. The van der Waals surface area contributed by atoms with Crippen LogP contribution in [0.3, 0.4) is 0 Å². The molecule has 6 nitrogen and oxygen atoms in total. The van der Waals surface area contributed by atoms with Crippen LogP contribution in [0.4, 0.5) is 4.79 Å². The molecule has 16 heavy (non-hydrogen) atoms. The van der Waals surface area contributed by atoms with Crippen molar-refractivity contribution in [3.63, 3.8) is 0 Å². The number of nitrogens with zero attached hydrogens (tertiary/aromatic N) is 3. The van der Waals surface area contributed by atoms with E-state index in [-0.39, 0.29) is 12.6 Å². The second-order valence-electron chi connectivity index (χ2n) is 3.70. The highest BCUT2D eigenvalue weighted by atomic mass is 16.4. The van der Waals surface area contributed by atoms with Gasteiger partial charge in [0.1, 0.15) is 0 Å². The van der Waals surface area contributed by atoms with Crippen molar-refractivity contribution in [1.29, 1.82) is 0 Å². The average Bonchev–Trinajstić information content (AvgIpc) is 2.78. The second-order valence-corrected chi connectivity index (χ2v) is 3.70. The lowest BCUT2D eigenvalue weighted by molar-refractivity contribution is 0.138. The van der Waals surface area contributed by atoms with Gasteiger partial charge < -0.3 is 10.2 Å². The summed E-state index contributed by atoms with van der Waals surface area (Å²) in [5.74, 6) is 0.478. The Bertz CT molecular complexity index is 397. The standard InChI is InChI=1S/C10H13N3O3/c14-6-7-3-4-11-9(12-7)8-2-1-5-13(8)10(15)16/h3-4,8,14H,1-2,5-6H2,(H,15,16)/t8-/m1/s1. The normalized spacial score (nSPS) is 20.1. The van der Waals surface area contributed by atoms with Crippen molar-refractivity contribution in [2.75, 3.05) is 6.54 Å². The van der Waals surface area contributed by atoms with Crippen molar-refractivity contribution in [2.45, 2.75) is 25.5 Å². The number of amides is 1. The van der Waals surface area contributed by atoms with Crippen LogP contribution in [-0.2, 0) is 6.61 Å². The maximum Gasteiger partial charge on any atom is 0.407 e. The molecule has 2 N–H and O–H groups in total. The number of hydrogen-bond acceptors (Lipinski definition) is 4. The average molecular weight is 223 g/mol. The Hall–Kier alpha value is -1.69. The second kappa shape index (κ2) is 4.44. The predicted octanol–water partition coefficient (Wildman–Crippen LogP) is 0.784. The number of aromatic nitrogens is 2. The molecule has 0 saturated carbocycles. The van der Waals surface area contributed by atoms with E-state index in [1.54, 1.807) is 12.3 Å². The topological polar surface area (TPSA) is 86.5 Å². The molecule has 0 spiro atoms. The zero-order valence-corrected chi connectivity index (χ0v) is 8.70. The highest BCUT2D eigenvalue weighted by Gasteiger charge is 2.31. The van der Waals surface area contributed by atoms with Gasteiger partial charge in [0.2, 0.25) is 0 Å². The van der Waals surface area contributed by atoms with Gasteiger partial charge in [0.25, 0.3) is 0 Å². The molecule has 86 valence electrons. The molecule has 1 aliphatic heterocycles. The Morgan fingerprint density at radius 2 is 2.44 bits per heavy atom. The molecule has 1 fully saturated rings. The first-order valence-electron chi connectivity index (χ1n) is 5.14. The molecule has 1 saturated heterocycles. The number of hydrogen-bond donors (Lipinski definition) is 2. The van der Waals surface area contributed by atoms with Gasteiger partial charge in [0.05, 0.1) is 18.3 Å². The highest BCUT2D eigenvalue weighted by Crippen LogP contribution is 2.29. The van der Waals surface area contributed by atoms with Crippen LogP contribution in [0.5, 0.6) is 0 Å². The Balaban J connectivity index is 2.25. The van der Waals surface area contributed by atoms with Gasteiger partial charge in [-0.25, -0.2) is 14.8 Å². The van der Waals surface area contributed by atoms with E-state index >= 15 is 0 Å². The van der Waals surface area contributed by atoms with E-state index in [9.17, 15) is 4.79 Å². The van der Waals surface area contributed by atoms with Gasteiger partial charge >= 0.3 is 6.09 Å². The van der Waals surface area contributed by atoms with Crippen LogP contribution in [0.15, 0.2) is 12.3 Å². The van der Waals surface area contributed by atoms with Crippen molar-refractivity contribution in [3.05, 3.63) is 23.8 Å². The molecule has 1 amide bonds. The fourth-order valence-corrected chi connectivity index (χ4v) is 1.93. The number of likely N-dealkylation sites (tertiary alicyclic amines) is 1. The number of rotatable bonds is 2. The van der Waals surface area contributed by atoms with Crippen LogP contribution in [0.1, 0.15) is 30.4 Å². The van der Waals surface area contributed by atoms with E-state index < -0.39 is 6.09 Å². The zero-order valence-electron chi connectivity index (χ0n) is 8.70. The summed E-state index contributed by atoms with van der Waals surface area (Å²) in [6.45, 7) is 0.363. The molecular weight excluding hydrogens is 210 g/mol. The number of aliphatic hydroxyl groups is 1. The molecule has 0 unspecified atom stereocenters. The Morgan fingerprint density at radius 3 is 3.12 bits per heavy atom. The molecule has 1 aliphatic rings. The van der Waals surface area contributed by atoms with Crippen molar-refractivity contribution in [3.8, 4) is 0 Å². The Labute approximate surface area is 92.6 Å². The van der Waals surface area contributed by atoms with E-state index in [1.807, 2.05) is 0 Å². The molecule has 1 aromatic rings. The lowest BCUT2D eigenvalue weighted by atomic mass is 10.2. The summed E-state index contributed by atoms with van der Waals surface area (Å²) in [5, 5.41) is 18.0. The number of carbonyl (C=O) groups is 1. The summed E-state index contributed by atoms with van der Waals surface area (Å²) in [5.41, 5.74) is 0.516. The lowest BCUT2D eigenvalue weighted by Gasteiger charge is -2.20. The lowest BCUT2D eigenvalue weighted by Crippen LogP contribution is -2.29. The van der Waals surface area contributed by atoms with Crippen LogP contribution >= 0.6 is 0 Å². The molecule has 0 bridgehead atoms. The summed E-state index contributed by atoms with van der Waals surface area (Å²) >= 11 is 0. The van der Waals surface area contributed by atoms with Crippen molar-refractivity contribution in [1.82, 2.24) is 14.9 Å². The molecule has 0 radical (unpaired) electrons. The monoisotopic (exact) mass is 223 g/mol. The Kier molecular flexibility index (Phi) is 3.00. The van der Waals surface area contributed by atoms with E-state index in [4.69, 9.17) is 10.2 Å². The van der Waals surface area contributed by atoms with Gasteiger partial charge in [0, 0.05) is 12.7 Å². The Morgan fingerprint density at radius 1 is 1.62 bits per heavy atom. The minimum absolute atomic E-state index is 0.157. The molecule has 6 heteroatoms. The van der Waals surface area contributed by atoms with E-state index in [0.29, 0.717) is 18.1 Å². The smallest absolute Gasteiger partial charge is 0.407 e. The summed E-state index contributed by atoms with van der Waals surface area (Å²) in [6, 6.07) is 1.34. The number of carboxylic acid groups (broad SMARTS) is 1. The predicted molar refractivity (Wildman–Crippen MR) is 54.7 cm³/mol. The first kappa shape index (κ1) is 10.8. The zero-order chi connectivity index (χ0) is 11.5. The first-order chi connectivity index (χ1) is 7.72. The van der Waals surface area contributed by atoms with Crippen LogP contribution < -0.4 is 0 Å². The van der Waals surface area contributed by atoms with Crippen LogP contribution in [0.25, 0.3) is 0 Å². The maximum absolute atomic E-state index is 11.0. The maximum atomic E-state index is 11.0. The quantitative estimate of drug-likeness (QED) is 0.773. The van der Waals surface area contributed by atoms with Gasteiger partial charge in [-0.1, -0.05) is 0 Å². The van der Waals surface area contributed by atoms with Crippen LogP contribution in [0.2, 0.25) is 0 Å². The number of aliphatic hydroxyl groups excluding tert-OH is 1. The molecule has 1 atom stereocenters. The van der Waals surface area contributed by atoms with Crippen molar-refractivity contribution < 1.29 is 15.0 Å². The summed E-state index contributed by atoms with van der Waals surface area (Å²) in [4.78, 5) is 20.5. The molecule has 2 heterocycles. The largest absolute Gasteiger partial charge is 0.465 e. The third-order valence-corrected chi connectivity index (χ3v) is 2.69. The SMILES string of the molecule is O=C(O)N1CCC[C@@H]1c1nccc(CO)n1. The van der Waals surface area contributed by atoms with E-state index in [2.05, 4.69) is 9.97 Å². The summed E-state index contributed by atoms with van der Waals surface area (Å²) in [7, 11) is 0. The van der Waals surface area contributed by atoms with Crippen LogP contribution in [0, 0.1) is 0 Å². The van der Waals surface area contributed by atoms with Crippen molar-refractivity contribution in [2.24, 2.45) is 0 Å². The first-order valence-corrected chi connectivity index (χ1v) is 5.14. The highest BCUT2D eigenvalue weighted by molar-refractivity contribution is 5.66.